The van der Waals surface area contributed by atoms with Crippen LogP contribution < -0.4 is 5.32 Å². The van der Waals surface area contributed by atoms with Crippen molar-refractivity contribution in [3.63, 3.8) is 0 Å². The molecular formula is C19H24ClN. The second kappa shape index (κ2) is 6.64. The van der Waals surface area contributed by atoms with Crippen LogP contribution in [0.15, 0.2) is 36.4 Å². The molecule has 0 heterocycles. The van der Waals surface area contributed by atoms with E-state index >= 15 is 0 Å². The minimum Gasteiger partial charge on any atom is -0.304 e. The van der Waals surface area contributed by atoms with Crippen molar-refractivity contribution in [2.24, 2.45) is 0 Å². The van der Waals surface area contributed by atoms with Gasteiger partial charge in [-0.1, -0.05) is 41.4 Å². The molecule has 0 spiro atoms. The van der Waals surface area contributed by atoms with Crippen LogP contribution in [0.25, 0.3) is 0 Å². The third kappa shape index (κ3) is 3.87. The Hall–Kier alpha value is -1.31. The largest absolute Gasteiger partial charge is 0.304 e. The van der Waals surface area contributed by atoms with Gasteiger partial charge in [-0.15, -0.1) is 0 Å². The molecule has 2 heteroatoms. The number of rotatable bonds is 4. The van der Waals surface area contributed by atoms with Gasteiger partial charge in [0.2, 0.25) is 0 Å². The van der Waals surface area contributed by atoms with Crippen molar-refractivity contribution in [2.75, 3.05) is 0 Å². The van der Waals surface area contributed by atoms with Gasteiger partial charge in [-0.05, 0) is 69.0 Å². The zero-order valence-corrected chi connectivity index (χ0v) is 14.3. The summed E-state index contributed by atoms with van der Waals surface area (Å²) in [6, 6.07) is 13.2. The third-order valence-electron chi connectivity index (χ3n) is 4.04. The van der Waals surface area contributed by atoms with Crippen molar-refractivity contribution in [3.8, 4) is 0 Å². The minimum atomic E-state index is 0.289. The van der Waals surface area contributed by atoms with Gasteiger partial charge < -0.3 is 5.32 Å². The molecule has 112 valence electrons. The van der Waals surface area contributed by atoms with E-state index in [1.54, 1.807) is 0 Å². The van der Waals surface area contributed by atoms with Gasteiger partial charge in [0, 0.05) is 17.1 Å². The van der Waals surface area contributed by atoms with Crippen LogP contribution in [-0.4, -0.2) is 0 Å². The fourth-order valence-corrected chi connectivity index (χ4v) is 3.31. The van der Waals surface area contributed by atoms with E-state index in [1.165, 1.54) is 27.8 Å². The van der Waals surface area contributed by atoms with Crippen molar-refractivity contribution < 1.29 is 0 Å². The van der Waals surface area contributed by atoms with Gasteiger partial charge in [0.25, 0.3) is 0 Å². The normalized spacial score (nSPS) is 14.0. The van der Waals surface area contributed by atoms with Gasteiger partial charge in [-0.2, -0.15) is 0 Å². The monoisotopic (exact) mass is 301 g/mol. The summed E-state index contributed by atoms with van der Waals surface area (Å²) < 4.78 is 0. The lowest BCUT2D eigenvalue weighted by molar-refractivity contribution is 0.491. The van der Waals surface area contributed by atoms with Gasteiger partial charge in [0.15, 0.2) is 0 Å². The molecule has 0 aliphatic rings. The maximum absolute atomic E-state index is 5.95. The van der Waals surface area contributed by atoms with Crippen LogP contribution in [-0.2, 0) is 0 Å². The summed E-state index contributed by atoms with van der Waals surface area (Å²) in [5, 5.41) is 4.47. The molecule has 21 heavy (non-hydrogen) atoms. The van der Waals surface area contributed by atoms with Crippen LogP contribution in [0, 0.1) is 20.8 Å². The van der Waals surface area contributed by atoms with Crippen molar-refractivity contribution in [1.82, 2.24) is 5.32 Å². The van der Waals surface area contributed by atoms with Crippen LogP contribution in [0.5, 0.6) is 0 Å². The maximum Gasteiger partial charge on any atom is 0.0406 e. The zero-order valence-electron chi connectivity index (χ0n) is 13.5. The molecule has 0 bridgehead atoms. The molecule has 1 unspecified atom stereocenters. The lowest BCUT2D eigenvalue weighted by atomic mass is 9.94. The highest BCUT2D eigenvalue weighted by atomic mass is 35.5. The molecule has 0 amide bonds. The van der Waals surface area contributed by atoms with E-state index in [4.69, 9.17) is 11.6 Å². The summed E-state index contributed by atoms with van der Waals surface area (Å²) in [7, 11) is 0. The van der Waals surface area contributed by atoms with Crippen LogP contribution in [0.4, 0.5) is 0 Å². The molecule has 0 aliphatic carbocycles. The van der Waals surface area contributed by atoms with E-state index in [9.17, 15) is 0 Å². The fraction of sp³-hybridized carbons (Fsp3) is 0.368. The SMILES string of the molecule is Cc1cc(C)c(C(C)N[C@@H](C)c2ccc(Cl)cc2)c(C)c1. The Morgan fingerprint density at radius 1 is 0.857 bits per heavy atom. The summed E-state index contributed by atoms with van der Waals surface area (Å²) in [6.07, 6.45) is 0. The van der Waals surface area contributed by atoms with E-state index < -0.39 is 0 Å². The van der Waals surface area contributed by atoms with Crippen molar-refractivity contribution in [2.45, 2.75) is 46.7 Å². The number of benzene rings is 2. The summed E-state index contributed by atoms with van der Waals surface area (Å²) in [4.78, 5) is 0. The zero-order chi connectivity index (χ0) is 15.6. The van der Waals surface area contributed by atoms with E-state index in [0.717, 1.165) is 5.02 Å². The van der Waals surface area contributed by atoms with Crippen LogP contribution in [0.3, 0.4) is 0 Å². The van der Waals surface area contributed by atoms with Gasteiger partial charge in [-0.3, -0.25) is 0 Å². The molecule has 0 saturated heterocycles. The van der Waals surface area contributed by atoms with Crippen LogP contribution in [0.1, 0.15) is 53.7 Å². The predicted molar refractivity (Wildman–Crippen MR) is 92.1 cm³/mol. The Bertz CT molecular complexity index is 593. The Balaban J connectivity index is 2.18. The number of aryl methyl sites for hydroxylation is 3. The minimum absolute atomic E-state index is 0.289. The van der Waals surface area contributed by atoms with Crippen molar-refractivity contribution >= 4 is 11.6 Å². The highest BCUT2D eigenvalue weighted by Gasteiger charge is 2.15. The van der Waals surface area contributed by atoms with Crippen molar-refractivity contribution in [1.29, 1.82) is 0 Å². The molecule has 2 aromatic rings. The first kappa shape index (κ1) is 16.1. The fourth-order valence-electron chi connectivity index (χ4n) is 3.18. The average Bonchev–Trinajstić information content (AvgIpc) is 2.37. The molecule has 2 aromatic carbocycles. The molecule has 0 saturated carbocycles. The second-order valence-electron chi connectivity index (χ2n) is 5.97. The molecular weight excluding hydrogens is 278 g/mol. The predicted octanol–water partition coefficient (Wildman–Crippen LogP) is 5.68. The van der Waals surface area contributed by atoms with Crippen molar-refractivity contribution in [3.05, 3.63) is 69.2 Å². The average molecular weight is 302 g/mol. The second-order valence-corrected chi connectivity index (χ2v) is 6.41. The van der Waals surface area contributed by atoms with Crippen LogP contribution in [0.2, 0.25) is 5.02 Å². The first-order chi connectivity index (χ1) is 9.88. The molecule has 0 radical (unpaired) electrons. The molecule has 0 aromatic heterocycles. The Morgan fingerprint density at radius 3 is 1.90 bits per heavy atom. The molecule has 0 fully saturated rings. The summed E-state index contributed by atoms with van der Waals surface area (Å²) in [5.41, 5.74) is 6.70. The topological polar surface area (TPSA) is 12.0 Å². The van der Waals surface area contributed by atoms with Gasteiger partial charge in [0.1, 0.15) is 0 Å². The number of hydrogen-bond donors (Lipinski definition) is 1. The number of halogens is 1. The Morgan fingerprint density at radius 2 is 1.38 bits per heavy atom. The van der Waals surface area contributed by atoms with E-state index in [0.29, 0.717) is 6.04 Å². The number of nitrogens with one attached hydrogen (secondary N) is 1. The highest BCUT2D eigenvalue weighted by Crippen LogP contribution is 2.26. The Labute approximate surface area is 133 Å². The number of hydrogen-bond acceptors (Lipinski definition) is 1. The highest BCUT2D eigenvalue weighted by molar-refractivity contribution is 6.30. The summed E-state index contributed by atoms with van der Waals surface area (Å²) in [6.45, 7) is 11.0. The quantitative estimate of drug-likeness (QED) is 0.766. The summed E-state index contributed by atoms with van der Waals surface area (Å²) >= 11 is 5.95. The summed E-state index contributed by atoms with van der Waals surface area (Å²) in [5.74, 6) is 0. The lowest BCUT2D eigenvalue weighted by Gasteiger charge is -2.24. The van der Waals surface area contributed by atoms with Gasteiger partial charge in [-0.25, -0.2) is 0 Å². The Kier molecular flexibility index (Phi) is 5.08. The molecule has 0 aliphatic heterocycles. The van der Waals surface area contributed by atoms with Gasteiger partial charge >= 0.3 is 0 Å². The first-order valence-corrected chi connectivity index (χ1v) is 7.85. The molecule has 1 nitrogen and oxygen atoms in total. The van der Waals surface area contributed by atoms with E-state index in [2.05, 4.69) is 64.2 Å². The maximum atomic E-state index is 5.95. The first-order valence-electron chi connectivity index (χ1n) is 7.47. The molecule has 1 N–H and O–H groups in total. The van der Waals surface area contributed by atoms with E-state index in [-0.39, 0.29) is 6.04 Å². The standard InChI is InChI=1S/C19H24ClN/c1-12-10-13(2)19(14(3)11-12)16(5)21-15(4)17-6-8-18(20)9-7-17/h6-11,15-16,21H,1-5H3/t15-,16?/m0/s1. The van der Waals surface area contributed by atoms with Gasteiger partial charge in [0.05, 0.1) is 0 Å². The van der Waals surface area contributed by atoms with E-state index in [1.807, 2.05) is 12.1 Å². The lowest BCUT2D eigenvalue weighted by Crippen LogP contribution is -2.23. The molecule has 2 atom stereocenters. The third-order valence-corrected chi connectivity index (χ3v) is 4.29. The smallest absolute Gasteiger partial charge is 0.0406 e. The van der Waals surface area contributed by atoms with Crippen LogP contribution >= 0.6 is 11.6 Å². The molecule has 2 rings (SSSR count).